The number of hydrogen-bond donors (Lipinski definition) is 0. The molecule has 0 fully saturated rings. The van der Waals surface area contributed by atoms with Crippen LogP contribution in [0.15, 0.2) is 28.2 Å². The first kappa shape index (κ1) is 11.8. The minimum absolute atomic E-state index is 0.255. The van der Waals surface area contributed by atoms with Crippen molar-refractivity contribution >= 4 is 10.2 Å². The van der Waals surface area contributed by atoms with Crippen molar-refractivity contribution in [3.8, 4) is 11.4 Å². The number of halogens is 1. The Hall–Kier alpha value is -1.70. The van der Waals surface area contributed by atoms with E-state index in [-0.39, 0.29) is 11.9 Å². The highest BCUT2D eigenvalue weighted by Gasteiger charge is 2.26. The number of nitrogens with zero attached hydrogens (tertiary/aromatic N) is 3. The predicted molar refractivity (Wildman–Crippen MR) is 56.4 cm³/mol. The molecular weight excluding hydrogens is 249 g/mol. The molecule has 2 aromatic heterocycles. The van der Waals surface area contributed by atoms with Gasteiger partial charge in [0.2, 0.25) is 0 Å². The van der Waals surface area contributed by atoms with E-state index < -0.39 is 15.4 Å². The summed E-state index contributed by atoms with van der Waals surface area (Å²) < 4.78 is 41.0. The SMILES string of the molecule is CC(C)n1c(-c2ccoc2)nnc1S(=O)(=O)F. The molecule has 0 N–H and O–H groups in total. The van der Waals surface area contributed by atoms with Gasteiger partial charge >= 0.3 is 10.2 Å². The van der Waals surface area contributed by atoms with E-state index >= 15 is 0 Å². The Bertz CT molecular complexity index is 616. The molecule has 0 amide bonds. The molecule has 0 aliphatic carbocycles. The van der Waals surface area contributed by atoms with E-state index in [9.17, 15) is 12.3 Å². The summed E-state index contributed by atoms with van der Waals surface area (Å²) in [5.41, 5.74) is 0.543. The topological polar surface area (TPSA) is 78.0 Å². The largest absolute Gasteiger partial charge is 0.472 e. The maximum absolute atomic E-state index is 13.0. The molecule has 0 saturated heterocycles. The molecule has 0 spiro atoms. The van der Waals surface area contributed by atoms with Gasteiger partial charge in [0.1, 0.15) is 6.26 Å². The fraction of sp³-hybridized carbons (Fsp3) is 0.333. The van der Waals surface area contributed by atoms with E-state index in [2.05, 4.69) is 10.2 Å². The van der Waals surface area contributed by atoms with E-state index in [1.165, 1.54) is 17.1 Å². The second-order valence-electron chi connectivity index (χ2n) is 3.72. The van der Waals surface area contributed by atoms with Crippen LogP contribution < -0.4 is 0 Å². The lowest BCUT2D eigenvalue weighted by Crippen LogP contribution is -2.10. The first-order chi connectivity index (χ1) is 7.91. The van der Waals surface area contributed by atoms with Gasteiger partial charge in [0.25, 0.3) is 5.16 Å². The van der Waals surface area contributed by atoms with Crippen molar-refractivity contribution in [3.63, 3.8) is 0 Å². The molecule has 0 atom stereocenters. The molecule has 8 heteroatoms. The molecular formula is C9H10FN3O3S. The number of rotatable bonds is 3. The molecule has 2 aromatic rings. The Morgan fingerprint density at radius 3 is 2.59 bits per heavy atom. The van der Waals surface area contributed by atoms with E-state index in [4.69, 9.17) is 4.42 Å². The highest BCUT2D eigenvalue weighted by Crippen LogP contribution is 2.25. The zero-order valence-electron chi connectivity index (χ0n) is 9.16. The Morgan fingerprint density at radius 1 is 1.41 bits per heavy atom. The lowest BCUT2D eigenvalue weighted by molar-refractivity contribution is 0.498. The van der Waals surface area contributed by atoms with Gasteiger partial charge in [-0.05, 0) is 19.9 Å². The van der Waals surface area contributed by atoms with E-state index in [0.29, 0.717) is 5.56 Å². The minimum Gasteiger partial charge on any atom is -0.472 e. The monoisotopic (exact) mass is 259 g/mol. The van der Waals surface area contributed by atoms with Gasteiger partial charge in [-0.1, -0.05) is 3.89 Å². The van der Waals surface area contributed by atoms with Crippen LogP contribution in [0.1, 0.15) is 19.9 Å². The van der Waals surface area contributed by atoms with Crippen molar-refractivity contribution in [1.29, 1.82) is 0 Å². The van der Waals surface area contributed by atoms with Crippen LogP contribution in [0.2, 0.25) is 0 Å². The second-order valence-corrected chi connectivity index (χ2v) is 4.96. The predicted octanol–water partition coefficient (Wildman–Crippen LogP) is 1.78. The van der Waals surface area contributed by atoms with Crippen LogP contribution in [-0.4, -0.2) is 23.2 Å². The third-order valence-corrected chi connectivity index (χ3v) is 2.89. The fourth-order valence-electron chi connectivity index (χ4n) is 1.50. The molecule has 0 saturated carbocycles. The number of furan rings is 1. The summed E-state index contributed by atoms with van der Waals surface area (Å²) in [6.07, 6.45) is 2.80. The number of hydrogen-bond acceptors (Lipinski definition) is 5. The molecule has 0 radical (unpaired) electrons. The molecule has 2 heterocycles. The summed E-state index contributed by atoms with van der Waals surface area (Å²) in [7, 11) is -4.89. The Morgan fingerprint density at radius 2 is 2.12 bits per heavy atom. The first-order valence-corrected chi connectivity index (χ1v) is 6.21. The lowest BCUT2D eigenvalue weighted by Gasteiger charge is -2.10. The summed E-state index contributed by atoms with van der Waals surface area (Å²) in [4.78, 5) is 0. The Labute approximate surface area is 97.3 Å². The van der Waals surface area contributed by atoms with Gasteiger partial charge in [0.15, 0.2) is 5.82 Å². The summed E-state index contributed by atoms with van der Waals surface area (Å²) in [5.74, 6) is 0.255. The Kier molecular flexibility index (Phi) is 2.74. The van der Waals surface area contributed by atoms with E-state index in [1.807, 2.05) is 0 Å². The highest BCUT2D eigenvalue weighted by atomic mass is 32.3. The summed E-state index contributed by atoms with van der Waals surface area (Å²) in [6, 6.07) is 1.30. The molecule has 0 aromatic carbocycles. The van der Waals surface area contributed by atoms with Crippen LogP contribution in [-0.2, 0) is 10.2 Å². The molecule has 17 heavy (non-hydrogen) atoms. The molecule has 0 unspecified atom stereocenters. The van der Waals surface area contributed by atoms with Gasteiger partial charge in [-0.15, -0.1) is 10.2 Å². The van der Waals surface area contributed by atoms with Crippen molar-refractivity contribution < 1.29 is 16.7 Å². The standard InChI is InChI=1S/C9H10FN3O3S/c1-6(2)13-8(7-3-4-16-5-7)11-12-9(13)17(10,14)15/h3-6H,1-2H3. The van der Waals surface area contributed by atoms with Crippen LogP contribution in [0.25, 0.3) is 11.4 Å². The van der Waals surface area contributed by atoms with Gasteiger partial charge in [-0.3, -0.25) is 4.57 Å². The smallest absolute Gasteiger partial charge is 0.368 e. The Balaban J connectivity index is 2.68. The van der Waals surface area contributed by atoms with Gasteiger partial charge in [0, 0.05) is 6.04 Å². The van der Waals surface area contributed by atoms with Crippen LogP contribution in [0, 0.1) is 0 Å². The fourth-order valence-corrected chi connectivity index (χ4v) is 2.17. The van der Waals surface area contributed by atoms with Crippen LogP contribution in [0.4, 0.5) is 3.89 Å². The summed E-state index contributed by atoms with van der Waals surface area (Å²) in [5, 5.41) is 6.36. The van der Waals surface area contributed by atoms with Crippen molar-refractivity contribution in [3.05, 3.63) is 18.6 Å². The minimum atomic E-state index is -4.89. The zero-order chi connectivity index (χ0) is 12.6. The number of aromatic nitrogens is 3. The van der Waals surface area contributed by atoms with Gasteiger partial charge in [0.05, 0.1) is 11.8 Å². The molecule has 2 rings (SSSR count). The van der Waals surface area contributed by atoms with Crippen LogP contribution in [0.3, 0.4) is 0 Å². The van der Waals surface area contributed by atoms with E-state index in [1.54, 1.807) is 19.9 Å². The second kappa shape index (κ2) is 3.95. The molecule has 0 bridgehead atoms. The van der Waals surface area contributed by atoms with Crippen LogP contribution >= 0.6 is 0 Å². The maximum Gasteiger partial charge on any atom is 0.368 e. The van der Waals surface area contributed by atoms with Crippen LogP contribution in [0.5, 0.6) is 0 Å². The van der Waals surface area contributed by atoms with Crippen molar-refractivity contribution in [2.24, 2.45) is 0 Å². The van der Waals surface area contributed by atoms with Gasteiger partial charge < -0.3 is 4.42 Å². The summed E-state index contributed by atoms with van der Waals surface area (Å²) in [6.45, 7) is 3.42. The summed E-state index contributed by atoms with van der Waals surface area (Å²) >= 11 is 0. The van der Waals surface area contributed by atoms with Gasteiger partial charge in [-0.25, -0.2) is 0 Å². The normalized spacial score (nSPS) is 12.2. The first-order valence-electron chi connectivity index (χ1n) is 4.83. The highest BCUT2D eigenvalue weighted by molar-refractivity contribution is 7.86. The van der Waals surface area contributed by atoms with Crippen molar-refractivity contribution in [2.45, 2.75) is 25.0 Å². The molecule has 6 nitrogen and oxygen atoms in total. The van der Waals surface area contributed by atoms with Crippen molar-refractivity contribution in [1.82, 2.24) is 14.8 Å². The molecule has 0 aliphatic heterocycles. The zero-order valence-corrected chi connectivity index (χ0v) is 9.98. The van der Waals surface area contributed by atoms with E-state index in [0.717, 1.165) is 0 Å². The third-order valence-electron chi connectivity index (χ3n) is 2.18. The average Bonchev–Trinajstić information content (AvgIpc) is 2.84. The van der Waals surface area contributed by atoms with Crippen molar-refractivity contribution in [2.75, 3.05) is 0 Å². The third kappa shape index (κ3) is 2.07. The molecule has 92 valence electrons. The van der Waals surface area contributed by atoms with Gasteiger partial charge in [-0.2, -0.15) is 8.42 Å². The maximum atomic E-state index is 13.0. The quantitative estimate of drug-likeness (QED) is 0.785. The molecule has 0 aliphatic rings. The average molecular weight is 259 g/mol. The lowest BCUT2D eigenvalue weighted by atomic mass is 10.3.